The molecule has 0 amide bonds. The molecule has 228 valence electrons. The van der Waals surface area contributed by atoms with Gasteiger partial charge in [-0.25, -0.2) is 0 Å². The lowest BCUT2D eigenvalue weighted by Gasteiger charge is -2.31. The Morgan fingerprint density at radius 2 is 0.980 bits per heavy atom. The molecule has 0 fully saturated rings. The van der Waals surface area contributed by atoms with E-state index in [4.69, 9.17) is 4.42 Å². The van der Waals surface area contributed by atoms with Crippen LogP contribution in [-0.4, -0.2) is 0 Å². The molecular formula is C47H29NO. The van der Waals surface area contributed by atoms with Gasteiger partial charge in [-0.05, 0) is 80.0 Å². The van der Waals surface area contributed by atoms with E-state index in [2.05, 4.69) is 181 Å². The second kappa shape index (κ2) is 9.82. The standard InChI is InChI=1S/C47H29NO/c1-2-15-31(16-3-1)48(42-27-12-21-36-44-32-17-5-4-14-30(32)28-29-43(44)49-46(36)42)41-26-13-25-40-45(41)35-20-8-11-24-39(35)47(40)37-22-9-6-18-33(37)34-19-7-10-23-38(34)47/h1-29H. The molecule has 1 spiro atoms. The van der Waals surface area contributed by atoms with Crippen LogP contribution in [0.25, 0.3) is 55.0 Å². The summed E-state index contributed by atoms with van der Waals surface area (Å²) in [6.07, 6.45) is 0. The first-order chi connectivity index (χ1) is 24.3. The number of hydrogen-bond acceptors (Lipinski definition) is 2. The molecular weight excluding hydrogens is 595 g/mol. The maximum Gasteiger partial charge on any atom is 0.159 e. The number of anilines is 3. The predicted octanol–water partition coefficient (Wildman–Crippen LogP) is 12.6. The van der Waals surface area contributed by atoms with Gasteiger partial charge >= 0.3 is 0 Å². The summed E-state index contributed by atoms with van der Waals surface area (Å²) in [6, 6.07) is 64.1. The lowest BCUT2D eigenvalue weighted by atomic mass is 9.70. The van der Waals surface area contributed by atoms with Crippen LogP contribution in [0.5, 0.6) is 0 Å². The number of hydrogen-bond donors (Lipinski definition) is 0. The highest BCUT2D eigenvalue weighted by atomic mass is 16.3. The highest BCUT2D eigenvalue weighted by molar-refractivity contribution is 6.21. The van der Waals surface area contributed by atoms with Crippen LogP contribution in [0, 0.1) is 0 Å². The molecule has 0 atom stereocenters. The van der Waals surface area contributed by atoms with Crippen LogP contribution in [-0.2, 0) is 5.41 Å². The van der Waals surface area contributed by atoms with Crippen molar-refractivity contribution in [3.05, 3.63) is 198 Å². The Balaban J connectivity index is 1.25. The van der Waals surface area contributed by atoms with Crippen molar-refractivity contribution in [1.29, 1.82) is 0 Å². The lowest BCUT2D eigenvalue weighted by Crippen LogP contribution is -2.26. The Bertz CT molecular complexity index is 2740. The highest BCUT2D eigenvalue weighted by Crippen LogP contribution is 2.64. The van der Waals surface area contributed by atoms with Crippen LogP contribution >= 0.6 is 0 Å². The van der Waals surface area contributed by atoms with Crippen molar-refractivity contribution < 1.29 is 4.42 Å². The monoisotopic (exact) mass is 623 g/mol. The minimum absolute atomic E-state index is 0.415. The zero-order chi connectivity index (χ0) is 32.1. The maximum atomic E-state index is 6.85. The molecule has 8 aromatic carbocycles. The van der Waals surface area contributed by atoms with Crippen LogP contribution in [0.4, 0.5) is 17.1 Å². The summed E-state index contributed by atoms with van der Waals surface area (Å²) in [5.74, 6) is 0. The zero-order valence-electron chi connectivity index (χ0n) is 26.6. The van der Waals surface area contributed by atoms with Gasteiger partial charge in [-0.15, -0.1) is 0 Å². The van der Waals surface area contributed by atoms with E-state index >= 15 is 0 Å². The Labute approximate surface area is 284 Å². The second-order valence-corrected chi connectivity index (χ2v) is 13.2. The molecule has 1 heterocycles. The van der Waals surface area contributed by atoms with Crippen LogP contribution < -0.4 is 4.90 Å². The molecule has 0 saturated carbocycles. The van der Waals surface area contributed by atoms with Gasteiger partial charge < -0.3 is 9.32 Å². The van der Waals surface area contributed by atoms with E-state index in [1.807, 2.05) is 0 Å². The number of fused-ring (bicyclic) bond motifs is 15. The van der Waals surface area contributed by atoms with Gasteiger partial charge in [0, 0.05) is 22.0 Å². The number of nitrogens with zero attached hydrogens (tertiary/aromatic N) is 1. The lowest BCUT2D eigenvalue weighted by molar-refractivity contribution is 0.669. The van der Waals surface area contributed by atoms with Crippen molar-refractivity contribution in [3.8, 4) is 22.3 Å². The van der Waals surface area contributed by atoms with Gasteiger partial charge in [-0.2, -0.15) is 0 Å². The average Bonchev–Trinajstić information content (AvgIpc) is 3.81. The van der Waals surface area contributed by atoms with Gasteiger partial charge in [0.15, 0.2) is 5.58 Å². The molecule has 0 unspecified atom stereocenters. The summed E-state index contributed by atoms with van der Waals surface area (Å²) in [4.78, 5) is 2.41. The molecule has 0 bridgehead atoms. The highest BCUT2D eigenvalue weighted by Gasteiger charge is 2.52. The number of benzene rings is 8. The van der Waals surface area contributed by atoms with Gasteiger partial charge in [0.25, 0.3) is 0 Å². The normalized spacial score (nSPS) is 13.5. The molecule has 11 rings (SSSR count). The Morgan fingerprint density at radius 3 is 1.76 bits per heavy atom. The minimum atomic E-state index is -0.415. The first-order valence-corrected chi connectivity index (χ1v) is 16.9. The molecule has 0 aliphatic heterocycles. The van der Waals surface area contributed by atoms with E-state index in [9.17, 15) is 0 Å². The van der Waals surface area contributed by atoms with E-state index in [0.717, 1.165) is 39.0 Å². The van der Waals surface area contributed by atoms with E-state index in [1.165, 1.54) is 55.3 Å². The fourth-order valence-corrected chi connectivity index (χ4v) is 9.03. The molecule has 2 aliphatic carbocycles. The molecule has 0 saturated heterocycles. The van der Waals surface area contributed by atoms with Crippen molar-refractivity contribution in [3.63, 3.8) is 0 Å². The van der Waals surface area contributed by atoms with Gasteiger partial charge in [0.2, 0.25) is 0 Å². The third-order valence-corrected chi connectivity index (χ3v) is 10.9. The third-order valence-electron chi connectivity index (χ3n) is 10.9. The first kappa shape index (κ1) is 26.7. The molecule has 49 heavy (non-hydrogen) atoms. The zero-order valence-corrected chi connectivity index (χ0v) is 26.6. The van der Waals surface area contributed by atoms with Crippen LogP contribution in [0.2, 0.25) is 0 Å². The van der Waals surface area contributed by atoms with E-state index in [1.54, 1.807) is 0 Å². The third kappa shape index (κ3) is 3.40. The molecule has 9 aromatic rings. The average molecular weight is 624 g/mol. The van der Waals surface area contributed by atoms with Crippen molar-refractivity contribution >= 4 is 49.8 Å². The Morgan fingerprint density at radius 1 is 0.408 bits per heavy atom. The summed E-state index contributed by atoms with van der Waals surface area (Å²) in [5, 5.41) is 4.69. The van der Waals surface area contributed by atoms with Crippen molar-refractivity contribution in [1.82, 2.24) is 0 Å². The fourth-order valence-electron chi connectivity index (χ4n) is 9.03. The Hall–Kier alpha value is -6.38. The fraction of sp³-hybridized carbons (Fsp3) is 0.0213. The van der Waals surface area contributed by atoms with Crippen LogP contribution in [0.15, 0.2) is 180 Å². The van der Waals surface area contributed by atoms with Crippen molar-refractivity contribution in [2.75, 3.05) is 4.90 Å². The quantitative estimate of drug-likeness (QED) is 0.195. The number of furan rings is 1. The topological polar surface area (TPSA) is 16.4 Å². The number of rotatable bonds is 3. The predicted molar refractivity (Wildman–Crippen MR) is 202 cm³/mol. The van der Waals surface area contributed by atoms with Gasteiger partial charge in [-0.3, -0.25) is 0 Å². The molecule has 2 aliphatic rings. The van der Waals surface area contributed by atoms with E-state index in [0.29, 0.717) is 0 Å². The summed E-state index contributed by atoms with van der Waals surface area (Å²) in [7, 11) is 0. The van der Waals surface area contributed by atoms with Gasteiger partial charge in [0.1, 0.15) is 5.58 Å². The van der Waals surface area contributed by atoms with Crippen LogP contribution in [0.3, 0.4) is 0 Å². The molecule has 2 nitrogen and oxygen atoms in total. The van der Waals surface area contributed by atoms with Gasteiger partial charge in [-0.1, -0.05) is 146 Å². The summed E-state index contributed by atoms with van der Waals surface area (Å²) < 4.78 is 6.85. The van der Waals surface area contributed by atoms with Crippen molar-refractivity contribution in [2.24, 2.45) is 0 Å². The van der Waals surface area contributed by atoms with Crippen LogP contribution in [0.1, 0.15) is 22.3 Å². The van der Waals surface area contributed by atoms with E-state index < -0.39 is 5.41 Å². The first-order valence-electron chi connectivity index (χ1n) is 16.9. The van der Waals surface area contributed by atoms with Crippen molar-refractivity contribution in [2.45, 2.75) is 5.41 Å². The maximum absolute atomic E-state index is 6.85. The molecule has 0 radical (unpaired) electrons. The molecule has 2 heteroatoms. The smallest absolute Gasteiger partial charge is 0.159 e. The minimum Gasteiger partial charge on any atom is -0.454 e. The number of para-hydroxylation sites is 2. The SMILES string of the molecule is c1ccc(N(c2cccc3c2-c2ccccc2C32c3ccccc3-c3ccccc32)c2cccc3c2oc2ccc4ccccc4c23)cc1. The Kier molecular flexibility index (Phi) is 5.34. The molecule has 1 aromatic heterocycles. The summed E-state index contributed by atoms with van der Waals surface area (Å²) in [6.45, 7) is 0. The molecule has 0 N–H and O–H groups in total. The van der Waals surface area contributed by atoms with Gasteiger partial charge in [0.05, 0.1) is 16.8 Å². The second-order valence-electron chi connectivity index (χ2n) is 13.2. The summed E-state index contributed by atoms with van der Waals surface area (Å²) >= 11 is 0. The summed E-state index contributed by atoms with van der Waals surface area (Å²) in [5.41, 5.74) is 15.1. The van der Waals surface area contributed by atoms with E-state index in [-0.39, 0.29) is 0 Å². The largest absolute Gasteiger partial charge is 0.454 e.